The molecule has 0 bridgehead atoms. The number of likely N-dealkylation sites (tertiary alicyclic amines) is 2. The van der Waals surface area contributed by atoms with E-state index in [0.29, 0.717) is 37.2 Å². The van der Waals surface area contributed by atoms with Crippen molar-refractivity contribution in [3.05, 3.63) is 53.3 Å². The third-order valence-corrected chi connectivity index (χ3v) is 9.87. The molecule has 2 aromatic carbocycles. The Labute approximate surface area is 266 Å². The molecule has 244 valence electrons. The van der Waals surface area contributed by atoms with Gasteiger partial charge in [0.15, 0.2) is 6.10 Å². The van der Waals surface area contributed by atoms with E-state index in [4.69, 9.17) is 9.47 Å². The third kappa shape index (κ3) is 7.72. The van der Waals surface area contributed by atoms with Gasteiger partial charge in [-0.1, -0.05) is 13.8 Å². The molecule has 2 aromatic rings. The van der Waals surface area contributed by atoms with Crippen molar-refractivity contribution in [2.45, 2.75) is 64.1 Å². The van der Waals surface area contributed by atoms with Gasteiger partial charge in [0.2, 0.25) is 5.91 Å². The van der Waals surface area contributed by atoms with Crippen molar-refractivity contribution >= 4 is 17.5 Å². The number of hydrogen-bond acceptors (Lipinski definition) is 5. The maximum absolute atomic E-state index is 14.5. The molecule has 45 heavy (non-hydrogen) atoms. The van der Waals surface area contributed by atoms with Crippen LogP contribution in [0.1, 0.15) is 67.8 Å². The Morgan fingerprint density at radius 2 is 1.53 bits per heavy atom. The van der Waals surface area contributed by atoms with E-state index in [2.05, 4.69) is 21.6 Å². The molecule has 0 saturated carbocycles. The summed E-state index contributed by atoms with van der Waals surface area (Å²) in [5.74, 6) is 1.64. The molecule has 1 atom stereocenters. The van der Waals surface area contributed by atoms with Gasteiger partial charge in [0.1, 0.15) is 30.0 Å². The summed E-state index contributed by atoms with van der Waals surface area (Å²) in [6, 6.07) is 11.0. The number of carbonyl (C=O) groups is 2. The predicted octanol–water partition coefficient (Wildman–Crippen LogP) is 1.97. The largest absolute Gasteiger partial charge is 0.490 e. The van der Waals surface area contributed by atoms with E-state index < -0.39 is 0 Å². The van der Waals surface area contributed by atoms with Crippen molar-refractivity contribution in [2.75, 3.05) is 70.3 Å². The van der Waals surface area contributed by atoms with Crippen LogP contribution in [0.4, 0.5) is 10.1 Å². The highest BCUT2D eigenvalue weighted by Crippen LogP contribution is 2.37. The molecule has 0 aliphatic carbocycles. The van der Waals surface area contributed by atoms with Crippen molar-refractivity contribution in [1.82, 2.24) is 9.80 Å². The van der Waals surface area contributed by atoms with Gasteiger partial charge in [-0.3, -0.25) is 9.59 Å². The van der Waals surface area contributed by atoms with E-state index in [1.54, 1.807) is 6.07 Å². The van der Waals surface area contributed by atoms with Gasteiger partial charge < -0.3 is 34.8 Å². The quantitative estimate of drug-likeness (QED) is 0.469. The van der Waals surface area contributed by atoms with E-state index in [9.17, 15) is 14.0 Å². The summed E-state index contributed by atoms with van der Waals surface area (Å²) in [5.41, 5.74) is 2.65. The number of nitrogens with two attached hydrogens (primary N) is 2. The Bertz CT molecular complexity index is 1330. The average molecular weight is 624 g/mol. The van der Waals surface area contributed by atoms with Crippen molar-refractivity contribution in [2.24, 2.45) is 5.92 Å². The molecular formula is C35H50FN5O4+2. The maximum Gasteiger partial charge on any atom is 0.253 e. The molecule has 4 N–H and O–H groups in total. The van der Waals surface area contributed by atoms with Gasteiger partial charge in [-0.15, -0.1) is 0 Å². The molecule has 2 amide bonds. The highest BCUT2D eigenvalue weighted by atomic mass is 19.1. The molecular weight excluding hydrogens is 573 g/mol. The molecule has 10 heteroatoms. The van der Waals surface area contributed by atoms with Crippen LogP contribution in [0.3, 0.4) is 0 Å². The first-order valence-corrected chi connectivity index (χ1v) is 17.1. The number of piperazine rings is 1. The number of hydrogen-bond donors (Lipinski definition) is 2. The van der Waals surface area contributed by atoms with Gasteiger partial charge in [0, 0.05) is 74.7 Å². The second kappa shape index (κ2) is 14.4. The number of quaternary nitrogens is 2. The van der Waals surface area contributed by atoms with Gasteiger partial charge in [-0.2, -0.15) is 0 Å². The summed E-state index contributed by atoms with van der Waals surface area (Å²) in [6.45, 7) is 12.4. The van der Waals surface area contributed by atoms with E-state index >= 15 is 0 Å². The lowest BCUT2D eigenvalue weighted by atomic mass is 9.87. The predicted molar refractivity (Wildman–Crippen MR) is 170 cm³/mol. The third-order valence-electron chi connectivity index (χ3n) is 9.87. The van der Waals surface area contributed by atoms with E-state index in [-0.39, 0.29) is 41.7 Å². The van der Waals surface area contributed by atoms with Gasteiger partial charge in [0.05, 0.1) is 32.7 Å². The number of halogens is 1. The number of benzene rings is 2. The Hall–Kier alpha value is -3.37. The Balaban J connectivity index is 1.10. The Morgan fingerprint density at radius 3 is 2.22 bits per heavy atom. The SMILES string of the molecule is CC(C)C(=O)N1CCC(c2cc(C(=O)N3CCC(Oc4cc(F)cc(N5CC[NH2+]CC5)c4)CC3)ccc2O[C@H]2CC[NH2+]C2)CC1. The molecule has 0 aromatic heterocycles. The summed E-state index contributed by atoms with van der Waals surface area (Å²) >= 11 is 0. The minimum atomic E-state index is -0.281. The first-order valence-electron chi connectivity index (χ1n) is 17.1. The Kier molecular flexibility index (Phi) is 10.1. The summed E-state index contributed by atoms with van der Waals surface area (Å²) < 4.78 is 27.2. The molecule has 4 aliphatic heterocycles. The normalized spacial score (nSPS) is 21.8. The number of rotatable bonds is 8. The Morgan fingerprint density at radius 1 is 0.800 bits per heavy atom. The smallest absolute Gasteiger partial charge is 0.253 e. The van der Waals surface area contributed by atoms with Crippen LogP contribution in [0.2, 0.25) is 0 Å². The number of anilines is 1. The number of nitrogens with zero attached hydrogens (tertiary/aromatic N) is 3. The van der Waals surface area contributed by atoms with Crippen LogP contribution >= 0.6 is 0 Å². The number of carbonyl (C=O) groups excluding carboxylic acids is 2. The van der Waals surface area contributed by atoms with E-state index in [1.165, 1.54) is 6.07 Å². The van der Waals surface area contributed by atoms with Crippen LogP contribution in [0.5, 0.6) is 11.5 Å². The zero-order chi connectivity index (χ0) is 31.3. The lowest BCUT2D eigenvalue weighted by Crippen LogP contribution is -2.89. The fraction of sp³-hybridized carbons (Fsp3) is 0.600. The molecule has 4 heterocycles. The van der Waals surface area contributed by atoms with Crippen LogP contribution in [-0.2, 0) is 4.79 Å². The van der Waals surface area contributed by atoms with Gasteiger partial charge in [-0.05, 0) is 48.6 Å². The van der Waals surface area contributed by atoms with E-state index in [0.717, 1.165) is 88.6 Å². The summed E-state index contributed by atoms with van der Waals surface area (Å²) in [6.07, 6.45) is 4.27. The summed E-state index contributed by atoms with van der Waals surface area (Å²) in [5, 5.41) is 4.56. The average Bonchev–Trinajstić information content (AvgIpc) is 3.58. The van der Waals surface area contributed by atoms with Crippen LogP contribution in [0.25, 0.3) is 0 Å². The summed E-state index contributed by atoms with van der Waals surface area (Å²) in [4.78, 5) is 32.5. The van der Waals surface area contributed by atoms with Gasteiger partial charge >= 0.3 is 0 Å². The van der Waals surface area contributed by atoms with Gasteiger partial charge in [-0.25, -0.2) is 4.39 Å². The van der Waals surface area contributed by atoms with Crippen molar-refractivity contribution in [3.8, 4) is 11.5 Å². The number of amides is 2. The highest BCUT2D eigenvalue weighted by Gasteiger charge is 2.31. The van der Waals surface area contributed by atoms with Crippen molar-refractivity contribution in [1.29, 1.82) is 0 Å². The molecule has 9 nitrogen and oxygen atoms in total. The number of ether oxygens (including phenoxy) is 2. The van der Waals surface area contributed by atoms with Crippen molar-refractivity contribution < 1.29 is 34.1 Å². The molecule has 0 unspecified atom stereocenters. The molecule has 0 radical (unpaired) electrons. The van der Waals surface area contributed by atoms with Crippen molar-refractivity contribution in [3.63, 3.8) is 0 Å². The first-order chi connectivity index (χ1) is 21.8. The highest BCUT2D eigenvalue weighted by molar-refractivity contribution is 5.94. The van der Waals surface area contributed by atoms with Crippen LogP contribution in [0.15, 0.2) is 36.4 Å². The lowest BCUT2D eigenvalue weighted by molar-refractivity contribution is -0.655. The lowest BCUT2D eigenvalue weighted by Gasteiger charge is -2.35. The van der Waals surface area contributed by atoms with Crippen LogP contribution in [0, 0.1) is 11.7 Å². The minimum Gasteiger partial charge on any atom is -0.490 e. The monoisotopic (exact) mass is 623 g/mol. The molecule has 4 fully saturated rings. The van der Waals surface area contributed by atoms with Gasteiger partial charge in [0.25, 0.3) is 5.91 Å². The van der Waals surface area contributed by atoms with E-state index in [1.807, 2.05) is 41.8 Å². The zero-order valence-electron chi connectivity index (χ0n) is 26.9. The zero-order valence-corrected chi connectivity index (χ0v) is 26.9. The topological polar surface area (TPSA) is 95.5 Å². The second-order valence-electron chi connectivity index (χ2n) is 13.5. The van der Waals surface area contributed by atoms with Crippen LogP contribution < -0.4 is 25.0 Å². The second-order valence-corrected chi connectivity index (χ2v) is 13.5. The molecule has 4 aliphatic rings. The molecule has 0 spiro atoms. The standard InChI is InChI=1S/C35H48FN5O4/c1-24(2)34(42)40-13-6-25(7-14-40)32-19-26(3-4-33(32)45-30-5-10-38-23-30)35(43)41-15-8-29(9-16-41)44-31-21-27(36)20-28(22-31)39-17-11-37-12-18-39/h3-4,19-22,24-25,29-30,37-38H,5-18,23H2,1-2H3/p+2/t30-/m0/s1. The fourth-order valence-corrected chi connectivity index (χ4v) is 7.25. The van der Waals surface area contributed by atoms with Crippen LogP contribution in [-0.4, -0.2) is 99.3 Å². The molecule has 4 saturated heterocycles. The first kappa shape index (κ1) is 31.6. The minimum absolute atomic E-state index is 0.000627. The number of piperidine rings is 2. The fourth-order valence-electron chi connectivity index (χ4n) is 7.25. The maximum atomic E-state index is 14.5. The molecule has 6 rings (SSSR count). The summed E-state index contributed by atoms with van der Waals surface area (Å²) in [7, 11) is 0.